The highest BCUT2D eigenvalue weighted by Gasteiger charge is 2.27. The second kappa shape index (κ2) is 9.41. The van der Waals surface area contributed by atoms with Crippen LogP contribution in [0.5, 0.6) is 17.2 Å². The van der Waals surface area contributed by atoms with Crippen molar-refractivity contribution in [1.29, 1.82) is 0 Å². The molecule has 7 nitrogen and oxygen atoms in total. The quantitative estimate of drug-likeness (QED) is 0.360. The van der Waals surface area contributed by atoms with Crippen LogP contribution in [-0.2, 0) is 17.6 Å². The summed E-state index contributed by atoms with van der Waals surface area (Å²) in [6.45, 7) is 0. The van der Waals surface area contributed by atoms with Crippen LogP contribution in [0.2, 0.25) is 0 Å². The molecule has 0 spiro atoms. The van der Waals surface area contributed by atoms with Crippen LogP contribution < -0.4 is 19.8 Å². The summed E-state index contributed by atoms with van der Waals surface area (Å²) < 4.78 is 23.3. The molecule has 0 aliphatic heterocycles. The zero-order chi connectivity index (χ0) is 25.4. The Hall–Kier alpha value is -4.26. The lowest BCUT2D eigenvalue weighted by Gasteiger charge is -2.21. The van der Waals surface area contributed by atoms with E-state index in [9.17, 15) is 9.59 Å². The van der Waals surface area contributed by atoms with Crippen molar-refractivity contribution in [3.8, 4) is 34.1 Å². The van der Waals surface area contributed by atoms with Crippen LogP contribution in [-0.4, -0.2) is 39.0 Å². The van der Waals surface area contributed by atoms with E-state index >= 15 is 0 Å². The first kappa shape index (κ1) is 23.5. The van der Waals surface area contributed by atoms with Crippen molar-refractivity contribution in [3.63, 3.8) is 0 Å². The van der Waals surface area contributed by atoms with E-state index in [2.05, 4.69) is 0 Å². The van der Waals surface area contributed by atoms with Gasteiger partial charge in [0.15, 0.2) is 11.5 Å². The number of ether oxygens (including phenoxy) is 4. The normalized spacial score (nSPS) is 12.3. The van der Waals surface area contributed by atoms with E-state index in [1.165, 1.54) is 44.1 Å². The second-order valence-electron chi connectivity index (χ2n) is 8.62. The van der Waals surface area contributed by atoms with Gasteiger partial charge in [0.25, 0.3) is 5.56 Å². The van der Waals surface area contributed by atoms with Crippen molar-refractivity contribution >= 4 is 16.7 Å². The lowest BCUT2D eigenvalue weighted by atomic mass is 9.95. The van der Waals surface area contributed by atoms with Crippen LogP contribution in [0.25, 0.3) is 27.6 Å². The van der Waals surface area contributed by atoms with Crippen molar-refractivity contribution in [1.82, 2.24) is 4.57 Å². The van der Waals surface area contributed by atoms with Gasteiger partial charge in [-0.1, -0.05) is 24.3 Å². The number of carbonyl (C=O) groups is 1. The molecule has 3 aromatic carbocycles. The third-order valence-corrected chi connectivity index (χ3v) is 6.76. The van der Waals surface area contributed by atoms with Crippen LogP contribution in [0.15, 0.2) is 59.4 Å². The van der Waals surface area contributed by atoms with Crippen LogP contribution >= 0.6 is 0 Å². The average molecular weight is 486 g/mol. The molecular weight excluding hydrogens is 458 g/mol. The summed E-state index contributed by atoms with van der Waals surface area (Å²) in [6.07, 6.45) is 3.04. The van der Waals surface area contributed by atoms with Crippen LogP contribution in [0, 0.1) is 0 Å². The molecule has 0 bridgehead atoms. The Labute approximate surface area is 208 Å². The average Bonchev–Trinajstić information content (AvgIpc) is 3.39. The summed E-state index contributed by atoms with van der Waals surface area (Å²) >= 11 is 0. The van der Waals surface area contributed by atoms with Crippen LogP contribution in [0.1, 0.15) is 28.0 Å². The van der Waals surface area contributed by atoms with E-state index in [0.717, 1.165) is 19.3 Å². The van der Waals surface area contributed by atoms with Gasteiger partial charge in [0.2, 0.25) is 5.75 Å². The zero-order valence-electron chi connectivity index (χ0n) is 20.7. The number of hydrogen-bond donors (Lipinski definition) is 0. The van der Waals surface area contributed by atoms with Gasteiger partial charge in [-0.2, -0.15) is 0 Å². The highest BCUT2D eigenvalue weighted by Crippen LogP contribution is 2.43. The lowest BCUT2D eigenvalue weighted by molar-refractivity contribution is 0.0591. The van der Waals surface area contributed by atoms with E-state index in [4.69, 9.17) is 18.9 Å². The summed E-state index contributed by atoms with van der Waals surface area (Å²) in [4.78, 5) is 27.3. The van der Waals surface area contributed by atoms with Gasteiger partial charge < -0.3 is 18.9 Å². The zero-order valence-corrected chi connectivity index (χ0v) is 20.7. The summed E-state index contributed by atoms with van der Waals surface area (Å²) in [5.74, 6) is 0.672. The molecule has 1 heterocycles. The predicted molar refractivity (Wildman–Crippen MR) is 138 cm³/mol. The molecule has 0 saturated carbocycles. The fourth-order valence-electron chi connectivity index (χ4n) is 5.10. The summed E-state index contributed by atoms with van der Waals surface area (Å²) in [7, 11) is 5.91. The Kier molecular flexibility index (Phi) is 6.14. The SMILES string of the molecule is COC(=O)c1c(-c2cc(OC)c(OC)c(OC)c2)c2ccccc2c(=O)n1-c1ccc2c(c1)CCC2. The molecule has 0 unspecified atom stereocenters. The molecule has 1 aliphatic rings. The first-order valence-electron chi connectivity index (χ1n) is 11.7. The molecule has 1 aliphatic carbocycles. The molecule has 0 radical (unpaired) electrons. The van der Waals surface area contributed by atoms with Crippen molar-refractivity contribution in [3.05, 3.63) is 81.8 Å². The van der Waals surface area contributed by atoms with E-state index < -0.39 is 5.97 Å². The molecule has 7 heteroatoms. The number of benzene rings is 3. The monoisotopic (exact) mass is 485 g/mol. The molecule has 0 amide bonds. The smallest absolute Gasteiger partial charge is 0.355 e. The molecule has 0 fully saturated rings. The van der Waals surface area contributed by atoms with Gasteiger partial charge in [-0.05, 0) is 71.7 Å². The predicted octanol–water partition coefficient (Wildman–Crippen LogP) is 4.96. The number of hydrogen-bond acceptors (Lipinski definition) is 6. The van der Waals surface area contributed by atoms with Gasteiger partial charge >= 0.3 is 5.97 Å². The van der Waals surface area contributed by atoms with E-state index in [1.54, 1.807) is 18.2 Å². The number of methoxy groups -OCH3 is 4. The van der Waals surface area contributed by atoms with E-state index in [-0.39, 0.29) is 11.3 Å². The Balaban J connectivity index is 1.94. The number of pyridine rings is 1. The fourth-order valence-corrected chi connectivity index (χ4v) is 5.10. The van der Waals surface area contributed by atoms with Gasteiger partial charge in [0.1, 0.15) is 5.69 Å². The molecule has 5 rings (SSSR count). The third-order valence-electron chi connectivity index (χ3n) is 6.76. The fraction of sp³-hybridized carbons (Fsp3) is 0.241. The Bertz CT molecular complexity index is 1530. The largest absolute Gasteiger partial charge is 0.493 e. The van der Waals surface area contributed by atoms with Gasteiger partial charge in [-0.15, -0.1) is 0 Å². The van der Waals surface area contributed by atoms with Gasteiger partial charge in [0, 0.05) is 16.6 Å². The van der Waals surface area contributed by atoms with Crippen molar-refractivity contribution in [2.75, 3.05) is 28.4 Å². The highest BCUT2D eigenvalue weighted by molar-refractivity contribution is 6.07. The van der Waals surface area contributed by atoms with Crippen LogP contribution in [0.3, 0.4) is 0 Å². The van der Waals surface area contributed by atoms with Gasteiger partial charge in [0.05, 0.1) is 28.4 Å². The Morgan fingerprint density at radius 3 is 2.11 bits per heavy atom. The Morgan fingerprint density at radius 1 is 0.806 bits per heavy atom. The minimum atomic E-state index is -0.623. The van der Waals surface area contributed by atoms with Crippen molar-refractivity contribution < 1.29 is 23.7 Å². The highest BCUT2D eigenvalue weighted by atomic mass is 16.5. The lowest BCUT2D eigenvalue weighted by Crippen LogP contribution is -2.27. The number of rotatable bonds is 6. The van der Waals surface area contributed by atoms with Crippen LogP contribution in [0.4, 0.5) is 0 Å². The molecule has 184 valence electrons. The Morgan fingerprint density at radius 2 is 1.47 bits per heavy atom. The van der Waals surface area contributed by atoms with Gasteiger partial charge in [-0.3, -0.25) is 9.36 Å². The number of nitrogens with zero attached hydrogens (tertiary/aromatic N) is 1. The molecule has 0 atom stereocenters. The topological polar surface area (TPSA) is 76.0 Å². The minimum absolute atomic E-state index is 0.133. The first-order chi connectivity index (χ1) is 17.5. The maximum Gasteiger partial charge on any atom is 0.355 e. The minimum Gasteiger partial charge on any atom is -0.493 e. The molecule has 4 aromatic rings. The maximum absolute atomic E-state index is 13.9. The standard InChI is InChI=1S/C29H27NO6/c1-33-23-15-19(16-24(34-2)27(23)35-3)25-21-10-5-6-11-22(21)28(31)30(26(25)29(32)36-4)20-13-12-17-8-7-9-18(17)14-20/h5-6,10-16H,7-9H2,1-4H3. The van der Waals surface area contributed by atoms with Crippen molar-refractivity contribution in [2.24, 2.45) is 0 Å². The number of carbonyl (C=O) groups excluding carboxylic acids is 1. The summed E-state index contributed by atoms with van der Waals surface area (Å²) in [5, 5.41) is 1.10. The summed E-state index contributed by atoms with van der Waals surface area (Å²) in [5.41, 5.74) is 4.09. The third kappa shape index (κ3) is 3.68. The number of fused-ring (bicyclic) bond motifs is 2. The first-order valence-corrected chi connectivity index (χ1v) is 11.7. The molecular formula is C29H27NO6. The van der Waals surface area contributed by atoms with E-state index in [1.807, 2.05) is 36.4 Å². The summed E-state index contributed by atoms with van der Waals surface area (Å²) in [6, 6.07) is 16.7. The molecule has 36 heavy (non-hydrogen) atoms. The molecule has 0 N–H and O–H groups in total. The second-order valence-corrected chi connectivity index (χ2v) is 8.62. The van der Waals surface area contributed by atoms with Crippen molar-refractivity contribution in [2.45, 2.75) is 19.3 Å². The number of aromatic nitrogens is 1. The number of aryl methyl sites for hydroxylation is 2. The molecule has 1 aromatic heterocycles. The van der Waals surface area contributed by atoms with Gasteiger partial charge in [-0.25, -0.2) is 4.79 Å². The van der Waals surface area contributed by atoms with E-state index in [0.29, 0.717) is 44.8 Å². The number of esters is 1. The molecule has 0 saturated heterocycles. The maximum atomic E-state index is 13.9.